The van der Waals surface area contributed by atoms with E-state index in [0.717, 1.165) is 30.5 Å². The minimum Gasteiger partial charge on any atom is -0.355 e. The number of rotatable bonds is 5. The average Bonchev–Trinajstić information content (AvgIpc) is 2.27. The maximum atomic E-state index is 11.9. The summed E-state index contributed by atoms with van der Waals surface area (Å²) < 4.78 is 0. The smallest absolute Gasteiger partial charge is 0.233 e. The van der Waals surface area contributed by atoms with E-state index in [1.165, 1.54) is 12.8 Å². The van der Waals surface area contributed by atoms with Crippen molar-refractivity contribution in [2.45, 2.75) is 44.8 Å². The van der Waals surface area contributed by atoms with Crippen LogP contribution >= 0.6 is 27.7 Å². The van der Waals surface area contributed by atoms with Crippen molar-refractivity contribution in [1.82, 2.24) is 5.32 Å². The van der Waals surface area contributed by atoms with E-state index in [1.807, 2.05) is 11.8 Å². The van der Waals surface area contributed by atoms with Gasteiger partial charge in [-0.15, -0.1) is 11.8 Å². The molecule has 0 bridgehead atoms. The van der Waals surface area contributed by atoms with Crippen molar-refractivity contribution in [3.8, 4) is 0 Å². The third-order valence-corrected chi connectivity index (χ3v) is 4.76. The molecule has 1 aliphatic rings. The lowest BCUT2D eigenvalue weighted by Crippen LogP contribution is -2.39. The number of carbonyl (C=O) groups is 1. The quantitative estimate of drug-likeness (QED) is 0.790. The number of hydrogen-bond acceptors (Lipinski definition) is 2. The van der Waals surface area contributed by atoms with E-state index in [1.54, 1.807) is 0 Å². The van der Waals surface area contributed by atoms with Crippen LogP contribution in [0.25, 0.3) is 0 Å². The minimum atomic E-state index is 0.193. The van der Waals surface area contributed by atoms with E-state index in [-0.39, 0.29) is 16.6 Å². The molecule has 0 aromatic rings. The van der Waals surface area contributed by atoms with Gasteiger partial charge in [0.1, 0.15) is 0 Å². The SMILES string of the molecule is CC(C)(CCBr)CNC(=O)C1CCCCS1. The van der Waals surface area contributed by atoms with Gasteiger partial charge in [0.25, 0.3) is 0 Å². The Balaban J connectivity index is 2.28. The second kappa shape index (κ2) is 6.90. The van der Waals surface area contributed by atoms with E-state index >= 15 is 0 Å². The van der Waals surface area contributed by atoms with Gasteiger partial charge in [-0.2, -0.15) is 0 Å². The van der Waals surface area contributed by atoms with Crippen molar-refractivity contribution < 1.29 is 4.79 Å². The summed E-state index contributed by atoms with van der Waals surface area (Å²) in [6.45, 7) is 5.18. The van der Waals surface area contributed by atoms with Crippen LogP contribution in [0.15, 0.2) is 0 Å². The first-order chi connectivity index (χ1) is 7.55. The molecule has 0 aromatic heterocycles. The van der Waals surface area contributed by atoms with Crippen LogP contribution in [0.4, 0.5) is 0 Å². The van der Waals surface area contributed by atoms with Crippen molar-refractivity contribution in [2.75, 3.05) is 17.6 Å². The molecule has 16 heavy (non-hydrogen) atoms. The van der Waals surface area contributed by atoms with Crippen molar-refractivity contribution in [2.24, 2.45) is 5.41 Å². The molecule has 1 atom stereocenters. The number of halogens is 1. The molecule has 0 radical (unpaired) electrons. The molecule has 0 spiro atoms. The fourth-order valence-corrected chi connectivity index (χ4v) is 4.03. The summed E-state index contributed by atoms with van der Waals surface area (Å²) in [5.41, 5.74) is 0.193. The third kappa shape index (κ3) is 5.09. The molecule has 1 rings (SSSR count). The standard InChI is InChI=1S/C12H22BrNOS/c1-12(2,6-7-13)9-14-11(15)10-5-3-4-8-16-10/h10H,3-9H2,1-2H3,(H,14,15). The van der Waals surface area contributed by atoms with Gasteiger partial charge in [0.2, 0.25) is 5.91 Å². The normalized spacial score (nSPS) is 21.8. The van der Waals surface area contributed by atoms with Crippen LogP contribution in [0.2, 0.25) is 0 Å². The summed E-state index contributed by atoms with van der Waals surface area (Å²) >= 11 is 5.27. The van der Waals surface area contributed by atoms with Gasteiger partial charge in [-0.3, -0.25) is 4.79 Å². The molecule has 1 aliphatic heterocycles. The van der Waals surface area contributed by atoms with Crippen LogP contribution in [0.3, 0.4) is 0 Å². The van der Waals surface area contributed by atoms with Crippen molar-refractivity contribution in [3.05, 3.63) is 0 Å². The Morgan fingerprint density at radius 3 is 2.81 bits per heavy atom. The van der Waals surface area contributed by atoms with E-state index in [4.69, 9.17) is 0 Å². The second-order valence-electron chi connectivity index (χ2n) is 5.18. The topological polar surface area (TPSA) is 29.1 Å². The zero-order chi connectivity index (χ0) is 12.0. The molecule has 94 valence electrons. The highest BCUT2D eigenvalue weighted by atomic mass is 79.9. The Morgan fingerprint density at radius 2 is 2.25 bits per heavy atom. The van der Waals surface area contributed by atoms with E-state index < -0.39 is 0 Å². The molecule has 0 aromatic carbocycles. The van der Waals surface area contributed by atoms with Crippen molar-refractivity contribution in [3.63, 3.8) is 0 Å². The fraction of sp³-hybridized carbons (Fsp3) is 0.917. The first-order valence-corrected chi connectivity index (χ1v) is 8.17. The summed E-state index contributed by atoms with van der Waals surface area (Å²) in [6.07, 6.45) is 4.61. The molecular weight excluding hydrogens is 286 g/mol. The predicted octanol–water partition coefficient (Wildman–Crippen LogP) is 3.20. The first-order valence-electron chi connectivity index (χ1n) is 6.00. The van der Waals surface area contributed by atoms with Gasteiger partial charge in [-0.25, -0.2) is 0 Å². The number of carbonyl (C=O) groups excluding carboxylic acids is 1. The van der Waals surface area contributed by atoms with Gasteiger partial charge >= 0.3 is 0 Å². The first kappa shape index (κ1) is 14.4. The molecule has 1 N–H and O–H groups in total. The fourth-order valence-electron chi connectivity index (χ4n) is 1.73. The number of hydrogen-bond donors (Lipinski definition) is 1. The summed E-state index contributed by atoms with van der Waals surface area (Å²) in [6, 6.07) is 0. The van der Waals surface area contributed by atoms with Crippen molar-refractivity contribution in [1.29, 1.82) is 0 Å². The number of alkyl halides is 1. The average molecular weight is 308 g/mol. The maximum Gasteiger partial charge on any atom is 0.233 e. The number of nitrogens with one attached hydrogen (secondary N) is 1. The Labute approximate surface area is 111 Å². The van der Waals surface area contributed by atoms with Crippen LogP contribution in [-0.4, -0.2) is 28.8 Å². The number of amides is 1. The third-order valence-electron chi connectivity index (χ3n) is 2.98. The second-order valence-corrected chi connectivity index (χ2v) is 7.28. The zero-order valence-corrected chi connectivity index (χ0v) is 12.6. The van der Waals surface area contributed by atoms with Gasteiger partial charge in [-0.1, -0.05) is 36.2 Å². The van der Waals surface area contributed by atoms with Crippen LogP contribution in [0, 0.1) is 5.41 Å². The van der Waals surface area contributed by atoms with E-state index in [2.05, 4.69) is 35.1 Å². The summed E-state index contributed by atoms with van der Waals surface area (Å²) in [5.74, 6) is 1.38. The molecule has 1 unspecified atom stereocenters. The Bertz CT molecular complexity index is 227. The van der Waals surface area contributed by atoms with Gasteiger partial charge in [-0.05, 0) is 30.4 Å². The lowest BCUT2D eigenvalue weighted by atomic mass is 9.90. The van der Waals surface area contributed by atoms with Crippen LogP contribution < -0.4 is 5.32 Å². The molecule has 4 heteroatoms. The zero-order valence-electron chi connectivity index (χ0n) is 10.2. The van der Waals surface area contributed by atoms with E-state index in [0.29, 0.717) is 0 Å². The predicted molar refractivity (Wildman–Crippen MR) is 75.3 cm³/mol. The van der Waals surface area contributed by atoms with Crippen molar-refractivity contribution >= 4 is 33.6 Å². The highest BCUT2D eigenvalue weighted by Gasteiger charge is 2.24. The summed E-state index contributed by atoms with van der Waals surface area (Å²) in [7, 11) is 0. The molecule has 1 amide bonds. The number of thioether (sulfide) groups is 1. The van der Waals surface area contributed by atoms with Crippen LogP contribution in [0.1, 0.15) is 39.5 Å². The highest BCUT2D eigenvalue weighted by molar-refractivity contribution is 9.09. The summed E-state index contributed by atoms with van der Waals surface area (Å²) in [4.78, 5) is 11.9. The Kier molecular flexibility index (Phi) is 6.19. The van der Waals surface area contributed by atoms with Gasteiger partial charge in [0.15, 0.2) is 0 Å². The lowest BCUT2D eigenvalue weighted by molar-refractivity contribution is -0.121. The van der Waals surface area contributed by atoms with Gasteiger partial charge in [0.05, 0.1) is 5.25 Å². The molecule has 2 nitrogen and oxygen atoms in total. The maximum absolute atomic E-state index is 11.9. The molecule has 1 fully saturated rings. The minimum absolute atomic E-state index is 0.193. The molecule has 0 aliphatic carbocycles. The van der Waals surface area contributed by atoms with Gasteiger partial charge in [0, 0.05) is 11.9 Å². The molecule has 1 heterocycles. The lowest BCUT2D eigenvalue weighted by Gasteiger charge is -2.26. The van der Waals surface area contributed by atoms with Gasteiger partial charge < -0.3 is 5.32 Å². The molecular formula is C12H22BrNOS. The molecule has 0 saturated carbocycles. The summed E-state index contributed by atoms with van der Waals surface area (Å²) in [5, 5.41) is 4.29. The van der Waals surface area contributed by atoms with E-state index in [9.17, 15) is 4.79 Å². The Morgan fingerprint density at radius 1 is 1.50 bits per heavy atom. The monoisotopic (exact) mass is 307 g/mol. The largest absolute Gasteiger partial charge is 0.355 e. The highest BCUT2D eigenvalue weighted by Crippen LogP contribution is 2.26. The molecule has 1 saturated heterocycles. The van der Waals surface area contributed by atoms with Crippen LogP contribution in [0.5, 0.6) is 0 Å². The van der Waals surface area contributed by atoms with Crippen LogP contribution in [-0.2, 0) is 4.79 Å². The Hall–Kier alpha value is 0.300.